The Morgan fingerprint density at radius 3 is 2.33 bits per heavy atom. The van der Waals surface area contributed by atoms with Crippen LogP contribution in [0.25, 0.3) is 10.9 Å². The van der Waals surface area contributed by atoms with Crippen molar-refractivity contribution < 1.29 is 9.90 Å². The van der Waals surface area contributed by atoms with Crippen molar-refractivity contribution in [3.63, 3.8) is 0 Å². The average molecular weight is 351 g/mol. The minimum atomic E-state index is -0.827. The number of carboxylic acids is 1. The van der Waals surface area contributed by atoms with Gasteiger partial charge in [-0.2, -0.15) is 0 Å². The number of hydrogen-bond donors (Lipinski definition) is 3. The number of nitrogens with one attached hydrogen (secondary N) is 1. The summed E-state index contributed by atoms with van der Waals surface area (Å²) in [7, 11) is 0. The van der Waals surface area contributed by atoms with Crippen LogP contribution in [0.5, 0.6) is 0 Å². The second kappa shape index (κ2) is 10.4. The number of carbonyl (C=O) groups is 1. The van der Waals surface area contributed by atoms with E-state index >= 15 is 0 Å². The number of benzene rings is 1. The van der Waals surface area contributed by atoms with Gasteiger partial charge >= 0.3 is 5.97 Å². The number of carboxylic acid groups (broad SMARTS) is 1. The van der Waals surface area contributed by atoms with Gasteiger partial charge in [0.15, 0.2) is 0 Å². The zero-order valence-corrected chi connectivity index (χ0v) is 16.1. The van der Waals surface area contributed by atoms with E-state index in [4.69, 9.17) is 5.11 Å². The summed E-state index contributed by atoms with van der Waals surface area (Å²) in [4.78, 5) is 11.9. The van der Waals surface area contributed by atoms with Crippen molar-refractivity contribution in [3.05, 3.63) is 30.0 Å². The molecule has 1 aliphatic heterocycles. The summed E-state index contributed by atoms with van der Waals surface area (Å²) in [5, 5.41) is 13.4. The van der Waals surface area contributed by atoms with Crippen molar-refractivity contribution in [2.45, 2.75) is 57.9 Å². The summed E-state index contributed by atoms with van der Waals surface area (Å²) in [6.07, 6.45) is 6.09. The van der Waals surface area contributed by atoms with Crippen molar-refractivity contribution >= 4 is 29.5 Å². The number of fused-ring (bicyclic) bond motifs is 1. The maximum atomic E-state index is 11.0. The molecule has 4 nitrogen and oxygen atoms in total. The fourth-order valence-electron chi connectivity index (χ4n) is 2.65. The Labute approximate surface area is 150 Å². The average Bonchev–Trinajstić information content (AvgIpc) is 2.94. The first-order valence-electron chi connectivity index (χ1n) is 8.74. The van der Waals surface area contributed by atoms with Crippen molar-refractivity contribution in [2.24, 2.45) is 0 Å². The predicted molar refractivity (Wildman–Crippen MR) is 104 cm³/mol. The lowest BCUT2D eigenvalue weighted by molar-refractivity contribution is -0.140. The summed E-state index contributed by atoms with van der Waals surface area (Å²) in [5.41, 5.74) is 2.00. The van der Waals surface area contributed by atoms with Crippen LogP contribution in [0.1, 0.15) is 51.6 Å². The molecule has 134 valence electrons. The molecular weight excluding hydrogens is 320 g/mol. The molecule has 2 heterocycles. The van der Waals surface area contributed by atoms with Crippen LogP contribution in [0.3, 0.4) is 0 Å². The predicted octanol–water partition coefficient (Wildman–Crippen LogP) is 4.67. The van der Waals surface area contributed by atoms with Gasteiger partial charge in [-0.15, -0.1) is 12.6 Å². The highest BCUT2D eigenvalue weighted by Gasteiger charge is 2.16. The molecule has 1 aromatic heterocycles. The van der Waals surface area contributed by atoms with Crippen molar-refractivity contribution in [1.29, 1.82) is 0 Å². The number of aliphatic carboxylic acids is 1. The van der Waals surface area contributed by atoms with E-state index in [1.807, 2.05) is 45.2 Å². The number of piperidine rings is 1. The van der Waals surface area contributed by atoms with Crippen molar-refractivity contribution in [1.82, 2.24) is 9.88 Å². The third-order valence-electron chi connectivity index (χ3n) is 4.00. The van der Waals surface area contributed by atoms with Crippen LogP contribution >= 0.6 is 12.6 Å². The molecule has 1 atom stereocenters. The van der Waals surface area contributed by atoms with Gasteiger partial charge in [0.1, 0.15) is 6.04 Å². The molecule has 0 amide bonds. The highest BCUT2D eigenvalue weighted by molar-refractivity contribution is 7.80. The van der Waals surface area contributed by atoms with E-state index in [1.54, 1.807) is 11.5 Å². The van der Waals surface area contributed by atoms with Crippen LogP contribution in [-0.2, 0) is 4.79 Å². The van der Waals surface area contributed by atoms with Gasteiger partial charge in [0.05, 0.1) is 0 Å². The minimum Gasteiger partial charge on any atom is -0.480 e. The third-order valence-corrected chi connectivity index (χ3v) is 4.28. The molecule has 5 heteroatoms. The first-order valence-corrected chi connectivity index (χ1v) is 9.19. The number of hydrogen-bond acceptors (Lipinski definition) is 3. The van der Waals surface area contributed by atoms with E-state index < -0.39 is 12.0 Å². The molecule has 2 aromatic rings. The topological polar surface area (TPSA) is 54.3 Å². The molecule has 0 radical (unpaired) electrons. The second-order valence-electron chi connectivity index (χ2n) is 5.75. The molecule has 3 rings (SSSR count). The zero-order valence-electron chi connectivity index (χ0n) is 15.2. The van der Waals surface area contributed by atoms with Crippen LogP contribution in [0.4, 0.5) is 0 Å². The highest BCUT2D eigenvalue weighted by atomic mass is 32.1. The van der Waals surface area contributed by atoms with Gasteiger partial charge < -0.3 is 15.0 Å². The number of aromatic nitrogens is 1. The fraction of sp³-hybridized carbons (Fsp3) is 0.526. The molecule has 1 aliphatic rings. The molecule has 24 heavy (non-hydrogen) atoms. The van der Waals surface area contributed by atoms with E-state index in [1.165, 1.54) is 32.4 Å². The largest absolute Gasteiger partial charge is 0.480 e. The number of rotatable bonds is 2. The molecule has 1 unspecified atom stereocenters. The maximum Gasteiger partial charge on any atom is 0.326 e. The Kier molecular flexibility index (Phi) is 8.93. The first-order chi connectivity index (χ1) is 11.5. The number of aryl methyl sites for hydroxylation is 1. The van der Waals surface area contributed by atoms with Crippen molar-refractivity contribution in [2.75, 3.05) is 13.1 Å². The quantitative estimate of drug-likeness (QED) is 0.690. The maximum absolute atomic E-state index is 11.0. The van der Waals surface area contributed by atoms with E-state index in [0.717, 1.165) is 21.4 Å². The SMILES string of the molecule is C1CCNCC1.CC.Cc1cn(C(C)C(=O)O)c2ccc(S)cc12. The lowest BCUT2D eigenvalue weighted by Gasteiger charge is -2.09. The van der Waals surface area contributed by atoms with Crippen LogP contribution in [0.2, 0.25) is 0 Å². The number of nitrogens with zero attached hydrogens (tertiary/aromatic N) is 1. The van der Waals surface area contributed by atoms with Gasteiger partial charge in [-0.25, -0.2) is 4.79 Å². The van der Waals surface area contributed by atoms with Gasteiger partial charge in [0.25, 0.3) is 0 Å². The van der Waals surface area contributed by atoms with Crippen molar-refractivity contribution in [3.8, 4) is 0 Å². The molecule has 2 N–H and O–H groups in total. The van der Waals surface area contributed by atoms with Crippen LogP contribution in [-0.4, -0.2) is 28.7 Å². The highest BCUT2D eigenvalue weighted by Crippen LogP contribution is 2.26. The number of thiol groups is 1. The fourth-order valence-corrected chi connectivity index (χ4v) is 2.86. The summed E-state index contributed by atoms with van der Waals surface area (Å²) in [6, 6.07) is 5.18. The summed E-state index contributed by atoms with van der Waals surface area (Å²) in [6.45, 7) is 10.1. The molecule has 1 aromatic carbocycles. The Hall–Kier alpha value is -1.46. The van der Waals surface area contributed by atoms with Crippen LogP contribution in [0.15, 0.2) is 29.3 Å². The Bertz CT molecular complexity index is 637. The van der Waals surface area contributed by atoms with Gasteiger partial charge in [0, 0.05) is 22.0 Å². The van der Waals surface area contributed by atoms with Crippen LogP contribution in [0, 0.1) is 6.92 Å². The lowest BCUT2D eigenvalue weighted by Crippen LogP contribution is -2.21. The minimum absolute atomic E-state index is 0.554. The summed E-state index contributed by atoms with van der Waals surface area (Å²) in [5.74, 6) is -0.827. The van der Waals surface area contributed by atoms with E-state index in [-0.39, 0.29) is 0 Å². The van der Waals surface area contributed by atoms with E-state index in [0.29, 0.717) is 0 Å². The van der Waals surface area contributed by atoms with Gasteiger partial charge in [-0.3, -0.25) is 0 Å². The third kappa shape index (κ3) is 5.56. The molecule has 0 spiro atoms. The molecule has 0 aliphatic carbocycles. The first kappa shape index (κ1) is 20.6. The normalized spacial score (nSPS) is 14.9. The standard InChI is InChI=1S/C12H13NO2S.C5H11N.C2H6/c1-7-6-13(8(2)12(14)15)11-4-3-9(16)5-10(7)11;1-2-4-6-5-3-1;1-2/h3-6,8,16H,1-2H3,(H,14,15);6H,1-5H2;1-2H3. The van der Waals surface area contributed by atoms with Gasteiger partial charge in [-0.1, -0.05) is 20.3 Å². The zero-order chi connectivity index (χ0) is 18.1. The summed E-state index contributed by atoms with van der Waals surface area (Å²) >= 11 is 4.28. The smallest absolute Gasteiger partial charge is 0.326 e. The van der Waals surface area contributed by atoms with E-state index in [2.05, 4.69) is 17.9 Å². The molecule has 0 bridgehead atoms. The second-order valence-corrected chi connectivity index (χ2v) is 6.26. The Morgan fingerprint density at radius 1 is 1.25 bits per heavy atom. The Balaban J connectivity index is 0.000000300. The van der Waals surface area contributed by atoms with Gasteiger partial charge in [0.2, 0.25) is 0 Å². The monoisotopic (exact) mass is 350 g/mol. The van der Waals surface area contributed by atoms with E-state index in [9.17, 15) is 4.79 Å². The molecule has 1 fully saturated rings. The summed E-state index contributed by atoms with van der Waals surface area (Å²) < 4.78 is 1.78. The molecule has 0 saturated carbocycles. The Morgan fingerprint density at radius 2 is 1.88 bits per heavy atom. The van der Waals surface area contributed by atoms with Gasteiger partial charge in [-0.05, 0) is 63.5 Å². The molecule has 1 saturated heterocycles. The van der Waals surface area contributed by atoms with Crippen LogP contribution < -0.4 is 5.32 Å². The lowest BCUT2D eigenvalue weighted by atomic mass is 10.2. The molecular formula is C19H30N2O2S.